The zero-order valence-corrected chi connectivity index (χ0v) is 14.4. The molecule has 0 bridgehead atoms. The number of fused-ring (bicyclic) bond motifs is 1. The third-order valence-electron chi connectivity index (χ3n) is 4.25. The van der Waals surface area contributed by atoms with Gasteiger partial charge in [-0.2, -0.15) is 0 Å². The van der Waals surface area contributed by atoms with Crippen LogP contribution in [0.5, 0.6) is 0 Å². The molecule has 2 aromatic rings. The van der Waals surface area contributed by atoms with Crippen LogP contribution in [0, 0.1) is 6.92 Å². The highest BCUT2D eigenvalue weighted by Crippen LogP contribution is 2.29. The number of carbonyl (C=O) groups is 1. The molecule has 0 atom stereocenters. The van der Waals surface area contributed by atoms with Crippen LogP contribution in [0.1, 0.15) is 50.8 Å². The lowest BCUT2D eigenvalue weighted by Gasteiger charge is -2.33. The van der Waals surface area contributed by atoms with E-state index >= 15 is 0 Å². The van der Waals surface area contributed by atoms with Gasteiger partial charge in [-0.3, -0.25) is 0 Å². The summed E-state index contributed by atoms with van der Waals surface area (Å²) in [6.07, 6.45) is 5.80. The van der Waals surface area contributed by atoms with Gasteiger partial charge in [-0.05, 0) is 52.2 Å². The molecule has 1 aliphatic heterocycles. The molecule has 0 aliphatic carbocycles. The normalized spacial score (nSPS) is 16.8. The van der Waals surface area contributed by atoms with Gasteiger partial charge in [-0.15, -0.1) is 0 Å². The first-order valence-electron chi connectivity index (χ1n) is 8.25. The number of aryl methyl sites for hydroxylation is 1. The molecule has 5 heteroatoms. The molecular formula is C18H25N3O2. The molecule has 0 radical (unpaired) electrons. The number of imidazole rings is 1. The number of hydrogen-bond acceptors (Lipinski definition) is 3. The number of piperidine rings is 1. The minimum Gasteiger partial charge on any atom is -0.444 e. The first kappa shape index (κ1) is 15.8. The predicted octanol–water partition coefficient (Wildman–Crippen LogP) is 3.76. The van der Waals surface area contributed by atoms with Gasteiger partial charge in [-0.25, -0.2) is 9.78 Å². The molecule has 124 valence electrons. The van der Waals surface area contributed by atoms with E-state index < -0.39 is 5.60 Å². The number of aromatic nitrogens is 2. The molecule has 3 rings (SSSR count). The van der Waals surface area contributed by atoms with Crippen LogP contribution in [-0.2, 0) is 4.74 Å². The molecule has 2 aromatic heterocycles. The standard InChI is InChI=1S/C18H25N3O2/c1-13-5-6-16-19-11-15(21(16)12-13)14-7-9-20(10-8-14)17(22)23-18(2,3)4/h5-6,11-12,14H,7-10H2,1-4H3. The van der Waals surface area contributed by atoms with Gasteiger partial charge < -0.3 is 14.0 Å². The molecule has 0 spiro atoms. The fourth-order valence-corrected chi connectivity index (χ4v) is 3.09. The van der Waals surface area contributed by atoms with Crippen LogP contribution in [0.4, 0.5) is 4.79 Å². The zero-order valence-electron chi connectivity index (χ0n) is 14.4. The highest BCUT2D eigenvalue weighted by atomic mass is 16.6. The van der Waals surface area contributed by atoms with Crippen molar-refractivity contribution < 1.29 is 9.53 Å². The maximum absolute atomic E-state index is 12.2. The summed E-state index contributed by atoms with van der Waals surface area (Å²) in [7, 11) is 0. The number of nitrogens with zero attached hydrogens (tertiary/aromatic N) is 3. The summed E-state index contributed by atoms with van der Waals surface area (Å²) in [5.41, 5.74) is 3.02. The molecular weight excluding hydrogens is 290 g/mol. The van der Waals surface area contributed by atoms with E-state index in [0.29, 0.717) is 5.92 Å². The van der Waals surface area contributed by atoms with Gasteiger partial charge in [0.15, 0.2) is 0 Å². The van der Waals surface area contributed by atoms with Gasteiger partial charge in [-0.1, -0.05) is 6.07 Å². The van der Waals surface area contributed by atoms with E-state index in [4.69, 9.17) is 4.74 Å². The maximum Gasteiger partial charge on any atom is 0.410 e. The van der Waals surface area contributed by atoms with Gasteiger partial charge >= 0.3 is 6.09 Å². The van der Waals surface area contributed by atoms with E-state index in [9.17, 15) is 4.79 Å². The van der Waals surface area contributed by atoms with Crippen LogP contribution < -0.4 is 0 Å². The lowest BCUT2D eigenvalue weighted by Crippen LogP contribution is -2.41. The third-order valence-corrected chi connectivity index (χ3v) is 4.25. The number of pyridine rings is 1. The van der Waals surface area contributed by atoms with Crippen molar-refractivity contribution in [3.8, 4) is 0 Å². The van der Waals surface area contributed by atoms with Crippen LogP contribution in [0.15, 0.2) is 24.5 Å². The molecule has 1 saturated heterocycles. The third kappa shape index (κ3) is 3.49. The van der Waals surface area contributed by atoms with E-state index in [2.05, 4.69) is 34.6 Å². The molecule has 3 heterocycles. The largest absolute Gasteiger partial charge is 0.444 e. The van der Waals surface area contributed by atoms with Crippen molar-refractivity contribution >= 4 is 11.7 Å². The Balaban J connectivity index is 1.69. The summed E-state index contributed by atoms with van der Waals surface area (Å²) < 4.78 is 7.64. The van der Waals surface area contributed by atoms with Crippen molar-refractivity contribution in [3.63, 3.8) is 0 Å². The summed E-state index contributed by atoms with van der Waals surface area (Å²) in [4.78, 5) is 18.5. The average molecular weight is 315 g/mol. The molecule has 0 N–H and O–H groups in total. The summed E-state index contributed by atoms with van der Waals surface area (Å²) in [5, 5.41) is 0. The maximum atomic E-state index is 12.2. The SMILES string of the molecule is Cc1ccc2ncc(C3CCN(C(=O)OC(C)(C)C)CC3)n2c1. The smallest absolute Gasteiger partial charge is 0.410 e. The Kier molecular flexibility index (Phi) is 4.04. The van der Waals surface area contributed by atoms with Crippen molar-refractivity contribution in [2.24, 2.45) is 0 Å². The van der Waals surface area contributed by atoms with E-state index in [0.717, 1.165) is 31.6 Å². The fourth-order valence-electron chi connectivity index (χ4n) is 3.09. The van der Waals surface area contributed by atoms with E-state index in [1.165, 1.54) is 11.3 Å². The van der Waals surface area contributed by atoms with Gasteiger partial charge in [0.2, 0.25) is 0 Å². The van der Waals surface area contributed by atoms with Gasteiger partial charge in [0, 0.05) is 37.1 Å². The summed E-state index contributed by atoms with van der Waals surface area (Å²) in [5.74, 6) is 0.436. The Morgan fingerprint density at radius 2 is 1.96 bits per heavy atom. The molecule has 0 saturated carbocycles. The van der Waals surface area contributed by atoms with Crippen molar-refractivity contribution in [1.82, 2.24) is 14.3 Å². The molecule has 1 amide bonds. The molecule has 1 fully saturated rings. The lowest BCUT2D eigenvalue weighted by atomic mass is 9.94. The highest BCUT2D eigenvalue weighted by molar-refractivity contribution is 5.68. The van der Waals surface area contributed by atoms with Gasteiger partial charge in [0.05, 0.1) is 0 Å². The number of amides is 1. The summed E-state index contributed by atoms with van der Waals surface area (Å²) >= 11 is 0. The Morgan fingerprint density at radius 1 is 1.26 bits per heavy atom. The number of carbonyl (C=O) groups excluding carboxylic acids is 1. The van der Waals surface area contributed by atoms with Crippen molar-refractivity contribution in [2.45, 2.75) is 52.1 Å². The van der Waals surface area contributed by atoms with Crippen LogP contribution in [-0.4, -0.2) is 39.1 Å². The molecule has 0 unspecified atom stereocenters. The van der Waals surface area contributed by atoms with E-state index in [1.54, 1.807) is 0 Å². The molecule has 23 heavy (non-hydrogen) atoms. The second-order valence-corrected chi connectivity index (χ2v) is 7.36. The van der Waals surface area contributed by atoms with Crippen LogP contribution >= 0.6 is 0 Å². The molecule has 5 nitrogen and oxygen atoms in total. The monoisotopic (exact) mass is 315 g/mol. The quantitative estimate of drug-likeness (QED) is 0.805. The Hall–Kier alpha value is -2.04. The van der Waals surface area contributed by atoms with Crippen LogP contribution in [0.3, 0.4) is 0 Å². The van der Waals surface area contributed by atoms with Crippen LogP contribution in [0.25, 0.3) is 5.65 Å². The number of ether oxygens (including phenoxy) is 1. The van der Waals surface area contributed by atoms with Crippen molar-refractivity contribution in [1.29, 1.82) is 0 Å². The second-order valence-electron chi connectivity index (χ2n) is 7.36. The Morgan fingerprint density at radius 3 is 2.61 bits per heavy atom. The molecule has 0 aromatic carbocycles. The number of rotatable bonds is 1. The minimum atomic E-state index is -0.437. The van der Waals surface area contributed by atoms with E-state index in [1.807, 2.05) is 31.9 Å². The predicted molar refractivity (Wildman–Crippen MR) is 89.7 cm³/mol. The number of hydrogen-bond donors (Lipinski definition) is 0. The summed E-state index contributed by atoms with van der Waals surface area (Å²) in [6.45, 7) is 9.26. The van der Waals surface area contributed by atoms with Crippen LogP contribution in [0.2, 0.25) is 0 Å². The highest BCUT2D eigenvalue weighted by Gasteiger charge is 2.28. The summed E-state index contributed by atoms with van der Waals surface area (Å²) in [6, 6.07) is 4.13. The minimum absolute atomic E-state index is 0.204. The van der Waals surface area contributed by atoms with Gasteiger partial charge in [0.1, 0.15) is 11.2 Å². The Labute approximate surface area is 137 Å². The Bertz CT molecular complexity index is 707. The van der Waals surface area contributed by atoms with Crippen molar-refractivity contribution in [2.75, 3.05) is 13.1 Å². The fraction of sp³-hybridized carbons (Fsp3) is 0.556. The topological polar surface area (TPSA) is 46.8 Å². The lowest BCUT2D eigenvalue weighted by molar-refractivity contribution is 0.0204. The zero-order chi connectivity index (χ0) is 16.6. The first-order valence-corrected chi connectivity index (χ1v) is 8.25. The molecule has 1 aliphatic rings. The first-order chi connectivity index (χ1) is 10.8. The van der Waals surface area contributed by atoms with E-state index in [-0.39, 0.29) is 6.09 Å². The average Bonchev–Trinajstić information content (AvgIpc) is 2.88. The second kappa shape index (κ2) is 5.87. The van der Waals surface area contributed by atoms with Crippen molar-refractivity contribution in [3.05, 3.63) is 35.8 Å². The van der Waals surface area contributed by atoms with Gasteiger partial charge in [0.25, 0.3) is 0 Å². The number of likely N-dealkylation sites (tertiary alicyclic amines) is 1.